The lowest BCUT2D eigenvalue weighted by Crippen LogP contribution is -2.23. The highest BCUT2D eigenvalue weighted by Gasteiger charge is 2.10. The zero-order valence-corrected chi connectivity index (χ0v) is 13.5. The lowest BCUT2D eigenvalue weighted by atomic mass is 10.2. The Kier molecular flexibility index (Phi) is 5.18. The summed E-state index contributed by atoms with van der Waals surface area (Å²) in [5.74, 6) is 0.747. The molecule has 1 N–H and O–H groups in total. The quantitative estimate of drug-likeness (QED) is 0.744. The molecule has 0 spiro atoms. The van der Waals surface area contributed by atoms with E-state index in [2.05, 4.69) is 20.5 Å². The van der Waals surface area contributed by atoms with Crippen molar-refractivity contribution in [2.75, 3.05) is 0 Å². The molecule has 0 radical (unpaired) electrons. The van der Waals surface area contributed by atoms with Crippen molar-refractivity contribution < 1.29 is 9.21 Å². The second-order valence-corrected chi connectivity index (χ2v) is 5.51. The minimum absolute atomic E-state index is 0.0985. The van der Waals surface area contributed by atoms with Crippen LogP contribution in [0.1, 0.15) is 17.9 Å². The Morgan fingerprint density at radius 1 is 1.12 bits per heavy atom. The monoisotopic (exact) mass is 342 g/mol. The normalized spacial score (nSPS) is 10.5. The number of nitrogens with zero attached hydrogens (tertiary/aromatic N) is 3. The predicted molar refractivity (Wildman–Crippen MR) is 89.1 cm³/mol. The van der Waals surface area contributed by atoms with E-state index in [1.165, 1.54) is 0 Å². The van der Waals surface area contributed by atoms with Gasteiger partial charge in [-0.2, -0.15) is 0 Å². The molecular weight excluding hydrogens is 328 g/mol. The number of pyridine rings is 1. The average molecular weight is 343 g/mol. The van der Waals surface area contributed by atoms with E-state index in [-0.39, 0.29) is 12.3 Å². The van der Waals surface area contributed by atoms with E-state index in [1.807, 2.05) is 18.2 Å². The van der Waals surface area contributed by atoms with Crippen molar-refractivity contribution in [3.05, 3.63) is 65.3 Å². The molecule has 7 heteroatoms. The second-order valence-electron chi connectivity index (χ2n) is 5.10. The summed E-state index contributed by atoms with van der Waals surface area (Å²) in [7, 11) is 0. The van der Waals surface area contributed by atoms with Crippen molar-refractivity contribution in [2.24, 2.45) is 0 Å². The maximum absolute atomic E-state index is 11.9. The first-order chi connectivity index (χ1) is 11.7. The fourth-order valence-corrected chi connectivity index (χ4v) is 2.31. The second kappa shape index (κ2) is 7.70. The number of hydrogen-bond donors (Lipinski definition) is 1. The Morgan fingerprint density at radius 3 is 2.71 bits per heavy atom. The summed E-state index contributed by atoms with van der Waals surface area (Å²) in [6, 6.07) is 11.0. The Balaban J connectivity index is 1.50. The van der Waals surface area contributed by atoms with Crippen molar-refractivity contribution in [2.45, 2.75) is 19.4 Å². The molecule has 1 aromatic carbocycles. The Labute approximate surface area is 143 Å². The van der Waals surface area contributed by atoms with Crippen molar-refractivity contribution in [1.82, 2.24) is 20.5 Å². The van der Waals surface area contributed by atoms with Gasteiger partial charge in [0.1, 0.15) is 0 Å². The zero-order chi connectivity index (χ0) is 16.8. The van der Waals surface area contributed by atoms with Crippen LogP contribution in [0.2, 0.25) is 5.02 Å². The van der Waals surface area contributed by atoms with E-state index in [9.17, 15) is 4.79 Å². The number of carbonyl (C=O) groups is 1. The van der Waals surface area contributed by atoms with Crippen LogP contribution in [0, 0.1) is 0 Å². The first-order valence-corrected chi connectivity index (χ1v) is 7.83. The highest BCUT2D eigenvalue weighted by molar-refractivity contribution is 6.31. The third kappa shape index (κ3) is 4.17. The number of carbonyl (C=O) groups excluding carboxylic acids is 1. The summed E-state index contributed by atoms with van der Waals surface area (Å²) < 4.78 is 5.55. The molecule has 122 valence electrons. The lowest BCUT2D eigenvalue weighted by molar-refractivity contribution is -0.121. The molecular formula is C17H15ClN4O2. The van der Waals surface area contributed by atoms with Crippen LogP contribution in [0.25, 0.3) is 11.5 Å². The molecule has 1 amide bonds. The minimum Gasteiger partial charge on any atom is -0.421 e. The van der Waals surface area contributed by atoms with Crippen molar-refractivity contribution in [1.29, 1.82) is 0 Å². The molecule has 0 aliphatic heterocycles. The number of amides is 1. The maximum Gasteiger partial charge on any atom is 0.247 e. The van der Waals surface area contributed by atoms with Crippen LogP contribution in [-0.4, -0.2) is 21.1 Å². The number of halogens is 1. The first kappa shape index (κ1) is 16.1. The van der Waals surface area contributed by atoms with Gasteiger partial charge in [-0.1, -0.05) is 29.8 Å². The number of benzene rings is 1. The topological polar surface area (TPSA) is 80.9 Å². The van der Waals surface area contributed by atoms with Gasteiger partial charge in [-0.25, -0.2) is 0 Å². The Hall–Kier alpha value is -2.73. The molecule has 6 nitrogen and oxygen atoms in total. The van der Waals surface area contributed by atoms with Crippen LogP contribution < -0.4 is 5.32 Å². The molecule has 0 saturated heterocycles. The van der Waals surface area contributed by atoms with Crippen LogP contribution >= 0.6 is 11.6 Å². The van der Waals surface area contributed by atoms with Crippen LogP contribution in [0.5, 0.6) is 0 Å². The van der Waals surface area contributed by atoms with Crippen molar-refractivity contribution in [3.63, 3.8) is 0 Å². The van der Waals surface area contributed by atoms with Crippen LogP contribution in [0.3, 0.4) is 0 Å². The molecule has 0 unspecified atom stereocenters. The van der Waals surface area contributed by atoms with Gasteiger partial charge in [-0.3, -0.25) is 9.78 Å². The molecule has 0 bridgehead atoms. The van der Waals surface area contributed by atoms with Gasteiger partial charge >= 0.3 is 0 Å². The Bertz CT molecular complexity index is 820. The fraction of sp³-hybridized carbons (Fsp3) is 0.176. The molecule has 0 atom stereocenters. The summed E-state index contributed by atoms with van der Waals surface area (Å²) in [6.07, 6.45) is 3.96. The largest absolute Gasteiger partial charge is 0.421 e. The van der Waals surface area contributed by atoms with Crippen LogP contribution in [0.15, 0.2) is 53.2 Å². The average Bonchev–Trinajstić information content (AvgIpc) is 3.09. The van der Waals surface area contributed by atoms with E-state index in [0.717, 1.165) is 11.1 Å². The molecule has 0 aliphatic rings. The highest BCUT2D eigenvalue weighted by atomic mass is 35.5. The first-order valence-electron chi connectivity index (χ1n) is 7.45. The predicted octanol–water partition coefficient (Wildman–Crippen LogP) is 3.03. The van der Waals surface area contributed by atoms with E-state index in [0.29, 0.717) is 29.8 Å². The lowest BCUT2D eigenvalue weighted by Gasteiger charge is -2.06. The molecule has 0 fully saturated rings. The van der Waals surface area contributed by atoms with Crippen molar-refractivity contribution >= 4 is 17.5 Å². The SMILES string of the molecule is O=C(CCc1nnc(-c2ccncc2)o1)NCc1ccccc1Cl. The summed E-state index contributed by atoms with van der Waals surface area (Å²) in [4.78, 5) is 15.9. The van der Waals surface area contributed by atoms with Gasteiger partial charge in [-0.05, 0) is 23.8 Å². The summed E-state index contributed by atoms with van der Waals surface area (Å²) in [6.45, 7) is 0.393. The number of nitrogens with one attached hydrogen (secondary N) is 1. The van der Waals surface area contributed by atoms with E-state index < -0.39 is 0 Å². The molecule has 2 aromatic heterocycles. The number of aromatic nitrogens is 3. The van der Waals surface area contributed by atoms with E-state index >= 15 is 0 Å². The van der Waals surface area contributed by atoms with Crippen molar-refractivity contribution in [3.8, 4) is 11.5 Å². The van der Waals surface area contributed by atoms with Gasteiger partial charge in [0.05, 0.1) is 0 Å². The third-order valence-electron chi connectivity index (χ3n) is 3.39. The smallest absolute Gasteiger partial charge is 0.247 e. The summed E-state index contributed by atoms with van der Waals surface area (Å²) in [5.41, 5.74) is 1.68. The number of aryl methyl sites for hydroxylation is 1. The van der Waals surface area contributed by atoms with Crippen LogP contribution in [0.4, 0.5) is 0 Å². The zero-order valence-electron chi connectivity index (χ0n) is 12.8. The standard InChI is InChI=1S/C17H15ClN4O2/c18-14-4-2-1-3-13(14)11-20-15(23)5-6-16-21-22-17(24-16)12-7-9-19-10-8-12/h1-4,7-10H,5-6,11H2,(H,20,23). The molecule has 0 aliphatic carbocycles. The maximum atomic E-state index is 11.9. The number of hydrogen-bond acceptors (Lipinski definition) is 5. The van der Waals surface area contributed by atoms with E-state index in [1.54, 1.807) is 30.6 Å². The van der Waals surface area contributed by atoms with Gasteiger partial charge in [-0.15, -0.1) is 10.2 Å². The molecule has 3 aromatic rings. The van der Waals surface area contributed by atoms with Gasteiger partial charge in [0, 0.05) is 42.4 Å². The van der Waals surface area contributed by atoms with Crippen LogP contribution in [-0.2, 0) is 17.8 Å². The van der Waals surface area contributed by atoms with Gasteiger partial charge in [0.2, 0.25) is 17.7 Å². The summed E-state index contributed by atoms with van der Waals surface area (Å²) >= 11 is 6.05. The van der Waals surface area contributed by atoms with Gasteiger partial charge < -0.3 is 9.73 Å². The highest BCUT2D eigenvalue weighted by Crippen LogP contribution is 2.17. The Morgan fingerprint density at radius 2 is 1.92 bits per heavy atom. The third-order valence-corrected chi connectivity index (χ3v) is 3.76. The number of rotatable bonds is 6. The van der Waals surface area contributed by atoms with Gasteiger partial charge in [0.15, 0.2) is 0 Å². The molecule has 3 rings (SSSR count). The fourth-order valence-electron chi connectivity index (χ4n) is 2.11. The molecule has 24 heavy (non-hydrogen) atoms. The van der Waals surface area contributed by atoms with Gasteiger partial charge in [0.25, 0.3) is 0 Å². The summed E-state index contributed by atoms with van der Waals surface area (Å²) in [5, 5.41) is 11.4. The minimum atomic E-state index is -0.0985. The molecule has 2 heterocycles. The molecule has 0 saturated carbocycles. The van der Waals surface area contributed by atoms with E-state index in [4.69, 9.17) is 16.0 Å².